The number of aldehydes is 1. The van der Waals surface area contributed by atoms with Crippen LogP contribution in [0.5, 0.6) is 0 Å². The lowest BCUT2D eigenvalue weighted by Gasteiger charge is -2.23. The zero-order valence-electron chi connectivity index (χ0n) is 26.4. The summed E-state index contributed by atoms with van der Waals surface area (Å²) in [4.78, 5) is 11.8. The normalized spacial score (nSPS) is 13.2. The lowest BCUT2D eigenvalue weighted by molar-refractivity contribution is -0.116. The molecule has 0 aliphatic heterocycles. The summed E-state index contributed by atoms with van der Waals surface area (Å²) in [5, 5.41) is 0. The predicted molar refractivity (Wildman–Crippen MR) is 169 cm³/mol. The smallest absolute Gasteiger partial charge is 0.125 e. The van der Waals surface area contributed by atoms with Crippen molar-refractivity contribution in [3.05, 3.63) is 0 Å². The van der Waals surface area contributed by atoms with E-state index in [0.29, 0.717) is 0 Å². The molecular weight excluding hydrogens is 448 g/mol. The molecule has 0 N–H and O–H groups in total. The van der Waals surface area contributed by atoms with Crippen molar-refractivity contribution in [3.63, 3.8) is 0 Å². The maximum atomic E-state index is 11.8. The summed E-state index contributed by atoms with van der Waals surface area (Å²) in [6, 6.07) is 0. The van der Waals surface area contributed by atoms with Crippen molar-refractivity contribution < 1.29 is 4.79 Å². The number of hydrogen-bond acceptors (Lipinski definition) is 1. The fraction of sp³-hybridized carbons (Fsp3) is 0.972. The summed E-state index contributed by atoms with van der Waals surface area (Å²) in [6.45, 7) is 6.80. The van der Waals surface area contributed by atoms with Crippen LogP contribution in [0.3, 0.4) is 0 Å². The van der Waals surface area contributed by atoms with Gasteiger partial charge in [-0.3, -0.25) is 0 Å². The Kier molecular flexibility index (Phi) is 29.9. The lowest BCUT2D eigenvalue weighted by atomic mass is 9.81. The third-order valence-corrected chi connectivity index (χ3v) is 8.74. The number of carbonyl (C=O) groups is 1. The van der Waals surface area contributed by atoms with Gasteiger partial charge in [-0.1, -0.05) is 207 Å². The molecule has 1 unspecified atom stereocenters. The third kappa shape index (κ3) is 28.5. The Morgan fingerprint density at radius 3 is 0.730 bits per heavy atom. The molecule has 0 aromatic heterocycles. The maximum Gasteiger partial charge on any atom is 0.125 e. The zero-order chi connectivity index (χ0) is 27.1. The van der Waals surface area contributed by atoms with Crippen LogP contribution in [0, 0.1) is 5.41 Å². The van der Waals surface area contributed by atoms with E-state index in [1.807, 2.05) is 0 Å². The molecule has 1 atom stereocenters. The number of rotatable bonds is 32. The van der Waals surface area contributed by atoms with Gasteiger partial charge in [0.25, 0.3) is 0 Å². The summed E-state index contributed by atoms with van der Waals surface area (Å²) in [7, 11) is 0. The van der Waals surface area contributed by atoms with Crippen LogP contribution < -0.4 is 0 Å². The molecule has 222 valence electrons. The molecule has 0 aliphatic rings. The standard InChI is InChI=1S/C36H72O/c1-4-6-8-10-12-14-16-18-20-22-24-26-28-30-32-34-36(3,35-37)33-31-29-27-25-23-21-19-17-15-13-11-9-7-5-2/h35H,4-34H2,1-3H3. The molecule has 0 spiro atoms. The van der Waals surface area contributed by atoms with E-state index in [4.69, 9.17) is 0 Å². The quantitative estimate of drug-likeness (QED) is 0.0636. The van der Waals surface area contributed by atoms with Crippen LogP contribution in [0.4, 0.5) is 0 Å². The van der Waals surface area contributed by atoms with Crippen LogP contribution in [-0.2, 0) is 4.79 Å². The maximum absolute atomic E-state index is 11.8. The molecule has 1 nitrogen and oxygen atoms in total. The molecule has 0 saturated carbocycles. The highest BCUT2D eigenvalue weighted by molar-refractivity contribution is 5.58. The van der Waals surface area contributed by atoms with Crippen molar-refractivity contribution in [2.24, 2.45) is 5.41 Å². The molecule has 0 aliphatic carbocycles. The van der Waals surface area contributed by atoms with Gasteiger partial charge in [-0.05, 0) is 12.8 Å². The van der Waals surface area contributed by atoms with Gasteiger partial charge in [0, 0.05) is 5.41 Å². The molecule has 0 amide bonds. The van der Waals surface area contributed by atoms with Crippen LogP contribution in [0.1, 0.15) is 220 Å². The van der Waals surface area contributed by atoms with Gasteiger partial charge < -0.3 is 4.79 Å². The zero-order valence-corrected chi connectivity index (χ0v) is 26.4. The van der Waals surface area contributed by atoms with Crippen LogP contribution >= 0.6 is 0 Å². The van der Waals surface area contributed by atoms with Crippen molar-refractivity contribution in [2.45, 2.75) is 220 Å². The minimum Gasteiger partial charge on any atom is -0.303 e. The van der Waals surface area contributed by atoms with Crippen LogP contribution in [0.15, 0.2) is 0 Å². The third-order valence-electron chi connectivity index (χ3n) is 8.74. The highest BCUT2D eigenvalue weighted by Gasteiger charge is 2.22. The van der Waals surface area contributed by atoms with Gasteiger partial charge in [-0.2, -0.15) is 0 Å². The van der Waals surface area contributed by atoms with E-state index in [2.05, 4.69) is 20.8 Å². The van der Waals surface area contributed by atoms with E-state index in [0.717, 1.165) is 12.8 Å². The second-order valence-corrected chi connectivity index (χ2v) is 12.8. The Bertz CT molecular complexity index is 430. The van der Waals surface area contributed by atoms with Crippen LogP contribution in [0.25, 0.3) is 0 Å². The van der Waals surface area contributed by atoms with Gasteiger partial charge in [-0.15, -0.1) is 0 Å². The Labute approximate surface area is 236 Å². The predicted octanol–water partition coefficient (Wildman–Crippen LogP) is 13.3. The van der Waals surface area contributed by atoms with Gasteiger partial charge in [0.05, 0.1) is 0 Å². The molecular formula is C36H72O. The monoisotopic (exact) mass is 521 g/mol. The SMILES string of the molecule is CCCCCCCCCCCCCCCCCC(C)(C=O)CCCCCCCCCCCCCCCC. The van der Waals surface area contributed by atoms with Crippen LogP contribution in [0.2, 0.25) is 0 Å². The van der Waals surface area contributed by atoms with Crippen molar-refractivity contribution in [1.29, 1.82) is 0 Å². The summed E-state index contributed by atoms with van der Waals surface area (Å²) >= 11 is 0. The molecule has 37 heavy (non-hydrogen) atoms. The van der Waals surface area contributed by atoms with Gasteiger partial charge in [0.2, 0.25) is 0 Å². The molecule has 0 saturated heterocycles. The minimum atomic E-state index is -0.0618. The van der Waals surface area contributed by atoms with E-state index >= 15 is 0 Å². The second kappa shape index (κ2) is 30.2. The first kappa shape index (κ1) is 36.7. The van der Waals surface area contributed by atoms with Crippen molar-refractivity contribution in [2.75, 3.05) is 0 Å². The molecule has 0 aromatic rings. The van der Waals surface area contributed by atoms with Crippen molar-refractivity contribution in [3.8, 4) is 0 Å². The average molecular weight is 521 g/mol. The van der Waals surface area contributed by atoms with E-state index in [1.54, 1.807) is 0 Å². The van der Waals surface area contributed by atoms with Crippen molar-refractivity contribution >= 4 is 6.29 Å². The summed E-state index contributed by atoms with van der Waals surface area (Å²) in [6.07, 6.45) is 44.2. The number of carbonyl (C=O) groups excluding carboxylic acids is 1. The van der Waals surface area contributed by atoms with E-state index < -0.39 is 0 Å². The summed E-state index contributed by atoms with van der Waals surface area (Å²) < 4.78 is 0. The topological polar surface area (TPSA) is 17.1 Å². The average Bonchev–Trinajstić information content (AvgIpc) is 2.91. The molecule has 0 fully saturated rings. The van der Waals surface area contributed by atoms with E-state index in [-0.39, 0.29) is 5.41 Å². The van der Waals surface area contributed by atoms with Gasteiger partial charge >= 0.3 is 0 Å². The first-order chi connectivity index (χ1) is 18.2. The lowest BCUT2D eigenvalue weighted by Crippen LogP contribution is -2.18. The summed E-state index contributed by atoms with van der Waals surface area (Å²) in [5.74, 6) is 0. The molecule has 0 rings (SSSR count). The Balaban J connectivity index is 3.41. The molecule has 1 heteroatoms. The first-order valence-electron chi connectivity index (χ1n) is 17.6. The molecule has 0 bridgehead atoms. The second-order valence-electron chi connectivity index (χ2n) is 12.8. The largest absolute Gasteiger partial charge is 0.303 e. The highest BCUT2D eigenvalue weighted by Crippen LogP contribution is 2.29. The van der Waals surface area contributed by atoms with Crippen molar-refractivity contribution in [1.82, 2.24) is 0 Å². The Morgan fingerprint density at radius 1 is 0.351 bits per heavy atom. The first-order valence-corrected chi connectivity index (χ1v) is 17.6. The van der Waals surface area contributed by atoms with Gasteiger partial charge in [0.1, 0.15) is 6.29 Å². The molecule has 0 heterocycles. The van der Waals surface area contributed by atoms with E-state index in [9.17, 15) is 4.79 Å². The molecule has 0 radical (unpaired) electrons. The minimum absolute atomic E-state index is 0.0618. The Morgan fingerprint density at radius 2 is 0.541 bits per heavy atom. The van der Waals surface area contributed by atoms with Crippen LogP contribution in [-0.4, -0.2) is 6.29 Å². The Hall–Kier alpha value is -0.330. The van der Waals surface area contributed by atoms with Gasteiger partial charge in [-0.25, -0.2) is 0 Å². The number of unbranched alkanes of at least 4 members (excludes halogenated alkanes) is 27. The molecule has 0 aromatic carbocycles. The highest BCUT2D eigenvalue weighted by atomic mass is 16.1. The fourth-order valence-corrected chi connectivity index (χ4v) is 5.87. The van der Waals surface area contributed by atoms with E-state index in [1.165, 1.54) is 192 Å². The number of hydrogen-bond donors (Lipinski definition) is 0. The van der Waals surface area contributed by atoms with Gasteiger partial charge in [0.15, 0.2) is 0 Å². The fourth-order valence-electron chi connectivity index (χ4n) is 5.87. The summed E-state index contributed by atoms with van der Waals surface area (Å²) in [5.41, 5.74) is -0.0618.